The Bertz CT molecular complexity index is 516. The van der Waals surface area contributed by atoms with Crippen molar-refractivity contribution < 1.29 is 0 Å². The average molecular weight is 286 g/mol. The van der Waals surface area contributed by atoms with Crippen LogP contribution in [-0.4, -0.2) is 41.1 Å². The molecule has 114 valence electrons. The van der Waals surface area contributed by atoms with Crippen molar-refractivity contribution in [2.75, 3.05) is 20.6 Å². The van der Waals surface area contributed by atoms with Crippen molar-refractivity contribution in [2.45, 2.75) is 32.4 Å². The Morgan fingerprint density at radius 1 is 1.19 bits per heavy atom. The Kier molecular flexibility index (Phi) is 5.53. The highest BCUT2D eigenvalue weighted by molar-refractivity contribution is 5.35. The SMILES string of the molecule is CC(CCN(C)C)NC(C)c1ccc(-n2ccnc2)cc1. The Morgan fingerprint density at radius 3 is 2.48 bits per heavy atom. The zero-order valence-electron chi connectivity index (χ0n) is 13.5. The van der Waals surface area contributed by atoms with Gasteiger partial charge in [0, 0.05) is 30.2 Å². The maximum absolute atomic E-state index is 4.08. The van der Waals surface area contributed by atoms with Crippen molar-refractivity contribution >= 4 is 0 Å². The predicted octanol–water partition coefficient (Wildman–Crippen LogP) is 2.86. The normalized spacial score (nSPS) is 14.3. The largest absolute Gasteiger partial charge is 0.309 e. The van der Waals surface area contributed by atoms with E-state index < -0.39 is 0 Å². The fourth-order valence-electron chi connectivity index (χ4n) is 2.41. The van der Waals surface area contributed by atoms with Crippen molar-refractivity contribution in [3.05, 3.63) is 48.5 Å². The van der Waals surface area contributed by atoms with Crippen LogP contribution in [0.25, 0.3) is 5.69 Å². The highest BCUT2D eigenvalue weighted by Gasteiger charge is 2.09. The van der Waals surface area contributed by atoms with Gasteiger partial charge in [0.15, 0.2) is 0 Å². The molecule has 1 heterocycles. The van der Waals surface area contributed by atoms with E-state index in [2.05, 4.69) is 67.4 Å². The Hall–Kier alpha value is -1.65. The third-order valence-corrected chi connectivity index (χ3v) is 3.74. The molecule has 2 atom stereocenters. The average Bonchev–Trinajstić information content (AvgIpc) is 2.99. The summed E-state index contributed by atoms with van der Waals surface area (Å²) in [6, 6.07) is 9.52. The minimum atomic E-state index is 0.360. The molecule has 0 amide bonds. The molecule has 0 radical (unpaired) electrons. The van der Waals surface area contributed by atoms with Crippen LogP contribution >= 0.6 is 0 Å². The Morgan fingerprint density at radius 2 is 1.90 bits per heavy atom. The number of imidazole rings is 1. The van der Waals surface area contributed by atoms with E-state index in [1.165, 1.54) is 5.56 Å². The number of nitrogens with one attached hydrogen (secondary N) is 1. The van der Waals surface area contributed by atoms with Gasteiger partial charge in [-0.2, -0.15) is 0 Å². The van der Waals surface area contributed by atoms with Gasteiger partial charge in [-0.25, -0.2) is 4.98 Å². The van der Waals surface area contributed by atoms with Crippen molar-refractivity contribution in [1.29, 1.82) is 0 Å². The molecule has 0 saturated heterocycles. The molecule has 1 aromatic heterocycles. The molecule has 0 aliphatic carbocycles. The number of nitrogens with zero attached hydrogens (tertiary/aromatic N) is 3. The molecule has 2 aromatic rings. The maximum Gasteiger partial charge on any atom is 0.0991 e. The lowest BCUT2D eigenvalue weighted by Gasteiger charge is -2.22. The quantitative estimate of drug-likeness (QED) is 0.849. The molecule has 0 aliphatic rings. The van der Waals surface area contributed by atoms with Crippen LogP contribution in [-0.2, 0) is 0 Å². The number of hydrogen-bond donors (Lipinski definition) is 1. The van der Waals surface area contributed by atoms with Gasteiger partial charge in [-0.15, -0.1) is 0 Å². The van der Waals surface area contributed by atoms with Gasteiger partial charge in [-0.3, -0.25) is 0 Å². The molecule has 2 unspecified atom stereocenters. The van der Waals surface area contributed by atoms with Crippen LogP contribution in [0, 0.1) is 0 Å². The van der Waals surface area contributed by atoms with Crippen LogP contribution in [0.1, 0.15) is 31.9 Å². The summed E-state index contributed by atoms with van der Waals surface area (Å²) in [5.74, 6) is 0. The topological polar surface area (TPSA) is 33.1 Å². The van der Waals surface area contributed by atoms with E-state index in [1.807, 2.05) is 17.1 Å². The van der Waals surface area contributed by atoms with Gasteiger partial charge in [0.1, 0.15) is 0 Å². The summed E-state index contributed by atoms with van der Waals surface area (Å²) >= 11 is 0. The van der Waals surface area contributed by atoms with Crippen LogP contribution in [0.4, 0.5) is 0 Å². The fraction of sp³-hybridized carbons (Fsp3) is 0.471. The van der Waals surface area contributed by atoms with E-state index >= 15 is 0 Å². The summed E-state index contributed by atoms with van der Waals surface area (Å²) < 4.78 is 2.02. The Labute approximate surface area is 127 Å². The second-order valence-corrected chi connectivity index (χ2v) is 5.94. The molecular formula is C17H26N4. The van der Waals surface area contributed by atoms with Gasteiger partial charge >= 0.3 is 0 Å². The molecule has 21 heavy (non-hydrogen) atoms. The first-order valence-electron chi connectivity index (χ1n) is 7.55. The van der Waals surface area contributed by atoms with E-state index in [1.54, 1.807) is 6.20 Å². The number of rotatable bonds is 7. The van der Waals surface area contributed by atoms with Crippen molar-refractivity contribution in [3.63, 3.8) is 0 Å². The van der Waals surface area contributed by atoms with E-state index in [4.69, 9.17) is 0 Å². The molecule has 1 N–H and O–H groups in total. The minimum absolute atomic E-state index is 0.360. The number of hydrogen-bond acceptors (Lipinski definition) is 3. The second-order valence-electron chi connectivity index (χ2n) is 5.94. The molecule has 0 saturated carbocycles. The molecular weight excluding hydrogens is 260 g/mol. The van der Waals surface area contributed by atoms with Gasteiger partial charge in [-0.1, -0.05) is 12.1 Å². The maximum atomic E-state index is 4.08. The molecule has 4 nitrogen and oxygen atoms in total. The van der Waals surface area contributed by atoms with Crippen LogP contribution in [0.2, 0.25) is 0 Å². The van der Waals surface area contributed by atoms with E-state index in [-0.39, 0.29) is 0 Å². The predicted molar refractivity (Wildman–Crippen MR) is 87.7 cm³/mol. The zero-order valence-corrected chi connectivity index (χ0v) is 13.5. The summed E-state index contributed by atoms with van der Waals surface area (Å²) in [7, 11) is 4.23. The molecule has 0 aliphatic heterocycles. The number of benzene rings is 1. The molecule has 0 bridgehead atoms. The molecule has 1 aromatic carbocycles. The van der Waals surface area contributed by atoms with Crippen LogP contribution < -0.4 is 5.32 Å². The lowest BCUT2D eigenvalue weighted by atomic mass is 10.1. The van der Waals surface area contributed by atoms with Crippen LogP contribution in [0.15, 0.2) is 43.0 Å². The molecule has 0 fully saturated rings. The molecule has 4 heteroatoms. The van der Waals surface area contributed by atoms with Gasteiger partial charge in [-0.05, 0) is 58.6 Å². The van der Waals surface area contributed by atoms with E-state index in [9.17, 15) is 0 Å². The summed E-state index contributed by atoms with van der Waals surface area (Å²) in [6.45, 7) is 5.58. The van der Waals surface area contributed by atoms with Crippen molar-refractivity contribution in [3.8, 4) is 5.69 Å². The van der Waals surface area contributed by atoms with Gasteiger partial charge < -0.3 is 14.8 Å². The summed E-state index contributed by atoms with van der Waals surface area (Å²) in [6.07, 6.45) is 6.73. The highest BCUT2D eigenvalue weighted by atomic mass is 15.1. The first kappa shape index (κ1) is 15.7. The standard InChI is InChI=1S/C17H26N4/c1-14(9-11-20(3)4)19-15(2)16-5-7-17(8-6-16)21-12-10-18-13-21/h5-8,10,12-15,19H,9,11H2,1-4H3. The molecule has 0 spiro atoms. The molecule has 2 rings (SSSR count). The van der Waals surface area contributed by atoms with Crippen molar-refractivity contribution in [1.82, 2.24) is 19.8 Å². The van der Waals surface area contributed by atoms with Crippen LogP contribution in [0.5, 0.6) is 0 Å². The van der Waals surface area contributed by atoms with E-state index in [0.717, 1.165) is 18.7 Å². The van der Waals surface area contributed by atoms with Gasteiger partial charge in [0.05, 0.1) is 6.33 Å². The summed E-state index contributed by atoms with van der Waals surface area (Å²) in [5, 5.41) is 3.66. The lowest BCUT2D eigenvalue weighted by Crippen LogP contribution is -2.31. The third kappa shape index (κ3) is 4.69. The van der Waals surface area contributed by atoms with Gasteiger partial charge in [0.25, 0.3) is 0 Å². The van der Waals surface area contributed by atoms with Gasteiger partial charge in [0.2, 0.25) is 0 Å². The van der Waals surface area contributed by atoms with Crippen LogP contribution in [0.3, 0.4) is 0 Å². The lowest BCUT2D eigenvalue weighted by molar-refractivity contribution is 0.354. The first-order valence-corrected chi connectivity index (χ1v) is 7.55. The summed E-state index contributed by atoms with van der Waals surface area (Å²) in [4.78, 5) is 6.30. The Balaban J connectivity index is 1.92. The minimum Gasteiger partial charge on any atom is -0.309 e. The number of aromatic nitrogens is 2. The first-order chi connectivity index (χ1) is 10.1. The monoisotopic (exact) mass is 286 g/mol. The summed E-state index contributed by atoms with van der Waals surface area (Å²) in [5.41, 5.74) is 2.46. The third-order valence-electron chi connectivity index (χ3n) is 3.74. The zero-order chi connectivity index (χ0) is 15.2. The fourth-order valence-corrected chi connectivity index (χ4v) is 2.41. The van der Waals surface area contributed by atoms with E-state index in [0.29, 0.717) is 12.1 Å². The smallest absolute Gasteiger partial charge is 0.0991 e. The second kappa shape index (κ2) is 7.38. The highest BCUT2D eigenvalue weighted by Crippen LogP contribution is 2.16. The van der Waals surface area contributed by atoms with Crippen molar-refractivity contribution in [2.24, 2.45) is 0 Å².